The molecule has 3 heteroatoms. The smallest absolute Gasteiger partial charge is 0.222 e. The Labute approximate surface area is 92.4 Å². The van der Waals surface area contributed by atoms with Gasteiger partial charge >= 0.3 is 0 Å². The molecule has 86 valence electrons. The quantitative estimate of drug-likeness (QED) is 0.704. The van der Waals surface area contributed by atoms with Crippen molar-refractivity contribution >= 4 is 5.91 Å². The van der Waals surface area contributed by atoms with E-state index in [1.165, 1.54) is 6.42 Å². The first-order valence-corrected chi connectivity index (χ1v) is 6.18. The fourth-order valence-corrected chi connectivity index (χ4v) is 2.99. The second-order valence-corrected chi connectivity index (χ2v) is 5.13. The molecule has 0 N–H and O–H groups in total. The van der Waals surface area contributed by atoms with Crippen LogP contribution in [0.25, 0.3) is 0 Å². The Morgan fingerprint density at radius 1 is 1.33 bits per heavy atom. The van der Waals surface area contributed by atoms with E-state index in [-0.39, 0.29) is 0 Å². The molecule has 15 heavy (non-hydrogen) atoms. The van der Waals surface area contributed by atoms with Gasteiger partial charge in [-0.05, 0) is 26.7 Å². The van der Waals surface area contributed by atoms with E-state index in [9.17, 15) is 4.79 Å². The summed E-state index contributed by atoms with van der Waals surface area (Å²) in [5.41, 5.74) is 0. The summed E-state index contributed by atoms with van der Waals surface area (Å²) in [6.07, 6.45) is 2.90. The number of hydrogen-bond acceptors (Lipinski definition) is 2. The Morgan fingerprint density at radius 2 is 2.07 bits per heavy atom. The SMILES string of the molecule is CCCC(=O)N1C[C@H]2C[C@@H]1CN2C(C)C. The molecular weight excluding hydrogens is 188 g/mol. The number of hydrogen-bond donors (Lipinski definition) is 0. The average Bonchev–Trinajstić information content (AvgIpc) is 2.76. The first-order chi connectivity index (χ1) is 7.13. The highest BCUT2D eigenvalue weighted by Crippen LogP contribution is 2.32. The molecule has 1 amide bonds. The summed E-state index contributed by atoms with van der Waals surface area (Å²) in [4.78, 5) is 16.5. The molecule has 0 spiro atoms. The van der Waals surface area contributed by atoms with Gasteiger partial charge in [-0.2, -0.15) is 0 Å². The summed E-state index contributed by atoms with van der Waals surface area (Å²) in [6.45, 7) is 8.64. The lowest BCUT2D eigenvalue weighted by Gasteiger charge is -2.36. The van der Waals surface area contributed by atoms with Crippen LogP contribution in [0.2, 0.25) is 0 Å². The number of fused-ring (bicyclic) bond motifs is 2. The maximum absolute atomic E-state index is 11.8. The predicted octanol–water partition coefficient (Wildman–Crippen LogP) is 1.48. The van der Waals surface area contributed by atoms with Gasteiger partial charge < -0.3 is 4.90 Å². The Bertz CT molecular complexity index is 252. The van der Waals surface area contributed by atoms with E-state index in [1.54, 1.807) is 0 Å². The predicted molar refractivity (Wildman–Crippen MR) is 60.7 cm³/mol. The molecule has 0 aliphatic carbocycles. The van der Waals surface area contributed by atoms with Crippen LogP contribution in [0.15, 0.2) is 0 Å². The summed E-state index contributed by atoms with van der Waals surface area (Å²) in [5, 5.41) is 0. The van der Waals surface area contributed by atoms with E-state index in [2.05, 4.69) is 30.6 Å². The molecule has 2 atom stereocenters. The molecule has 0 saturated carbocycles. The number of carbonyl (C=O) groups is 1. The molecule has 0 radical (unpaired) electrons. The van der Waals surface area contributed by atoms with E-state index >= 15 is 0 Å². The molecular formula is C12H22N2O. The van der Waals surface area contributed by atoms with Crippen molar-refractivity contribution < 1.29 is 4.79 Å². The van der Waals surface area contributed by atoms with Crippen molar-refractivity contribution in [2.24, 2.45) is 0 Å². The molecule has 3 nitrogen and oxygen atoms in total. The summed E-state index contributed by atoms with van der Waals surface area (Å²) >= 11 is 0. The largest absolute Gasteiger partial charge is 0.337 e. The summed E-state index contributed by atoms with van der Waals surface area (Å²) in [5.74, 6) is 0.369. The van der Waals surface area contributed by atoms with Crippen LogP contribution in [0.5, 0.6) is 0 Å². The van der Waals surface area contributed by atoms with Gasteiger partial charge in [-0.25, -0.2) is 0 Å². The van der Waals surface area contributed by atoms with Crippen LogP contribution in [-0.2, 0) is 4.79 Å². The van der Waals surface area contributed by atoms with Gasteiger partial charge in [0.2, 0.25) is 5.91 Å². The fraction of sp³-hybridized carbons (Fsp3) is 0.917. The van der Waals surface area contributed by atoms with Gasteiger partial charge in [0.1, 0.15) is 0 Å². The zero-order valence-electron chi connectivity index (χ0n) is 10.1. The monoisotopic (exact) mass is 210 g/mol. The van der Waals surface area contributed by atoms with E-state index in [1.807, 2.05) is 0 Å². The Kier molecular flexibility index (Phi) is 3.01. The van der Waals surface area contributed by atoms with Gasteiger partial charge in [-0.1, -0.05) is 6.92 Å². The maximum atomic E-state index is 11.8. The van der Waals surface area contributed by atoms with E-state index < -0.39 is 0 Å². The van der Waals surface area contributed by atoms with Crippen molar-refractivity contribution in [1.29, 1.82) is 0 Å². The van der Waals surface area contributed by atoms with Crippen LogP contribution >= 0.6 is 0 Å². The number of rotatable bonds is 3. The van der Waals surface area contributed by atoms with Crippen LogP contribution in [-0.4, -0.2) is 46.9 Å². The van der Waals surface area contributed by atoms with E-state index in [0.29, 0.717) is 24.0 Å². The van der Waals surface area contributed by atoms with E-state index in [0.717, 1.165) is 25.9 Å². The zero-order chi connectivity index (χ0) is 11.0. The average molecular weight is 210 g/mol. The highest BCUT2D eigenvalue weighted by atomic mass is 16.2. The normalized spacial score (nSPS) is 30.5. The van der Waals surface area contributed by atoms with Gasteiger partial charge in [0.25, 0.3) is 0 Å². The molecule has 2 fully saturated rings. The topological polar surface area (TPSA) is 23.6 Å². The Balaban J connectivity index is 1.94. The van der Waals surface area contributed by atoms with Gasteiger partial charge in [0.05, 0.1) is 0 Å². The highest BCUT2D eigenvalue weighted by molar-refractivity contribution is 5.77. The minimum Gasteiger partial charge on any atom is -0.337 e. The minimum absolute atomic E-state index is 0.369. The van der Waals surface area contributed by atoms with Crippen molar-refractivity contribution in [3.05, 3.63) is 0 Å². The van der Waals surface area contributed by atoms with Crippen molar-refractivity contribution in [2.45, 2.75) is 58.2 Å². The molecule has 2 rings (SSSR count). The maximum Gasteiger partial charge on any atom is 0.222 e. The van der Waals surface area contributed by atoms with Crippen LogP contribution in [0, 0.1) is 0 Å². The van der Waals surface area contributed by atoms with Crippen molar-refractivity contribution in [1.82, 2.24) is 9.80 Å². The van der Waals surface area contributed by atoms with Crippen LogP contribution in [0.1, 0.15) is 40.0 Å². The number of nitrogens with zero attached hydrogens (tertiary/aromatic N) is 2. The Hall–Kier alpha value is -0.570. The molecule has 2 bridgehead atoms. The van der Waals surface area contributed by atoms with E-state index in [4.69, 9.17) is 0 Å². The van der Waals surface area contributed by atoms with Gasteiger partial charge in [-0.15, -0.1) is 0 Å². The number of likely N-dealkylation sites (tertiary alicyclic amines) is 2. The number of carbonyl (C=O) groups excluding carboxylic acids is 1. The highest BCUT2D eigenvalue weighted by Gasteiger charge is 2.45. The minimum atomic E-state index is 0.369. The third kappa shape index (κ3) is 1.89. The molecule has 0 aromatic heterocycles. The second kappa shape index (κ2) is 4.12. The molecule has 2 heterocycles. The van der Waals surface area contributed by atoms with Crippen molar-refractivity contribution in [3.63, 3.8) is 0 Å². The van der Waals surface area contributed by atoms with Crippen LogP contribution < -0.4 is 0 Å². The lowest BCUT2D eigenvalue weighted by atomic mass is 10.2. The number of amides is 1. The third-order valence-electron chi connectivity index (χ3n) is 3.73. The zero-order valence-corrected chi connectivity index (χ0v) is 10.1. The van der Waals surface area contributed by atoms with Gasteiger partial charge in [0.15, 0.2) is 0 Å². The molecule has 0 unspecified atom stereocenters. The third-order valence-corrected chi connectivity index (χ3v) is 3.73. The fourth-order valence-electron chi connectivity index (χ4n) is 2.99. The van der Waals surface area contributed by atoms with Crippen LogP contribution in [0.4, 0.5) is 0 Å². The summed E-state index contributed by atoms with van der Waals surface area (Å²) in [7, 11) is 0. The number of piperazine rings is 1. The molecule has 0 aromatic rings. The Morgan fingerprint density at radius 3 is 2.53 bits per heavy atom. The standard InChI is InChI=1S/C12H22N2O/c1-4-5-12(15)14-8-10-6-11(14)7-13(10)9(2)3/h9-11H,4-8H2,1-3H3/t10-,11-/m1/s1. The van der Waals surface area contributed by atoms with Gasteiger partial charge in [0, 0.05) is 37.6 Å². The molecule has 2 aliphatic rings. The summed E-state index contributed by atoms with van der Waals surface area (Å²) < 4.78 is 0. The van der Waals surface area contributed by atoms with Gasteiger partial charge in [-0.3, -0.25) is 9.69 Å². The lowest BCUT2D eigenvalue weighted by Crippen LogP contribution is -2.50. The van der Waals surface area contributed by atoms with Crippen molar-refractivity contribution in [2.75, 3.05) is 13.1 Å². The molecule has 2 aliphatic heterocycles. The van der Waals surface area contributed by atoms with Crippen molar-refractivity contribution in [3.8, 4) is 0 Å². The molecule has 0 aromatic carbocycles. The second-order valence-electron chi connectivity index (χ2n) is 5.13. The lowest BCUT2D eigenvalue weighted by molar-refractivity contribution is -0.133. The first kappa shape index (κ1) is 10.9. The first-order valence-electron chi connectivity index (χ1n) is 6.18. The summed E-state index contributed by atoms with van der Waals surface area (Å²) in [6, 6.07) is 1.77. The molecule has 2 saturated heterocycles. The van der Waals surface area contributed by atoms with Crippen LogP contribution in [0.3, 0.4) is 0 Å².